The van der Waals surface area contributed by atoms with Crippen LogP contribution in [-0.2, 0) is 22.8 Å². The number of benzene rings is 3. The van der Waals surface area contributed by atoms with Crippen LogP contribution < -0.4 is 10.6 Å². The largest absolute Gasteiger partial charge is 0.507 e. The minimum atomic E-state index is -3.47. The molecule has 5 rings (SSSR count). The standard InChI is InChI=1S/C31H38N2O3S/c1-2-3-4-5-8-22-13-17-25(18-14-22)37(35,36)31-28-20-19-27(33-28)30(31)32-21-23-11-15-24(16-12-23)26-9-6-7-10-29(26)34/h6-7,9-18,27-28,30-34H,2-5,8,19-21H2,1H3/t27-,28+,30-,31-/m1/s1. The van der Waals surface area contributed by atoms with Gasteiger partial charge < -0.3 is 15.7 Å². The van der Waals surface area contributed by atoms with Crippen molar-refractivity contribution >= 4 is 9.84 Å². The van der Waals surface area contributed by atoms with Crippen molar-refractivity contribution < 1.29 is 13.5 Å². The number of rotatable bonds is 11. The molecule has 4 atom stereocenters. The van der Waals surface area contributed by atoms with Gasteiger partial charge in [0.1, 0.15) is 5.75 Å². The summed E-state index contributed by atoms with van der Waals surface area (Å²) in [4.78, 5) is 0.433. The second kappa shape index (κ2) is 11.4. The highest BCUT2D eigenvalue weighted by atomic mass is 32.2. The van der Waals surface area contributed by atoms with Gasteiger partial charge in [0.05, 0.1) is 10.1 Å². The summed E-state index contributed by atoms with van der Waals surface area (Å²) in [5.41, 5.74) is 4.06. The van der Waals surface area contributed by atoms with Crippen molar-refractivity contribution in [2.75, 3.05) is 0 Å². The Morgan fingerprint density at radius 1 is 0.865 bits per heavy atom. The summed E-state index contributed by atoms with van der Waals surface area (Å²) < 4.78 is 27.6. The van der Waals surface area contributed by atoms with Gasteiger partial charge in [0, 0.05) is 30.2 Å². The molecule has 2 fully saturated rings. The Bertz CT molecular complexity index is 1290. The fourth-order valence-electron chi connectivity index (χ4n) is 6.00. The number of hydrogen-bond acceptors (Lipinski definition) is 5. The van der Waals surface area contributed by atoms with Crippen LogP contribution in [0.25, 0.3) is 11.1 Å². The zero-order chi connectivity index (χ0) is 25.8. The van der Waals surface area contributed by atoms with Crippen LogP contribution in [-0.4, -0.2) is 36.9 Å². The first kappa shape index (κ1) is 26.0. The van der Waals surface area contributed by atoms with Crippen LogP contribution in [0.15, 0.2) is 77.7 Å². The van der Waals surface area contributed by atoms with Gasteiger partial charge in [0.2, 0.25) is 0 Å². The van der Waals surface area contributed by atoms with Crippen molar-refractivity contribution in [2.24, 2.45) is 0 Å². The highest BCUT2D eigenvalue weighted by Gasteiger charge is 2.53. The lowest BCUT2D eigenvalue weighted by Gasteiger charge is -2.30. The van der Waals surface area contributed by atoms with Crippen LogP contribution in [0.1, 0.15) is 56.6 Å². The Balaban J connectivity index is 1.26. The maximum atomic E-state index is 13.8. The lowest BCUT2D eigenvalue weighted by Crippen LogP contribution is -2.50. The van der Waals surface area contributed by atoms with Gasteiger partial charge in [-0.25, -0.2) is 8.42 Å². The molecule has 0 saturated carbocycles. The molecule has 0 amide bonds. The summed E-state index contributed by atoms with van der Waals surface area (Å²) >= 11 is 0. The normalized spacial score (nSPS) is 22.9. The summed E-state index contributed by atoms with van der Waals surface area (Å²) in [6, 6.07) is 23.0. The van der Waals surface area contributed by atoms with Gasteiger partial charge >= 0.3 is 0 Å². The minimum Gasteiger partial charge on any atom is -0.507 e. The monoisotopic (exact) mass is 518 g/mol. The van der Waals surface area contributed by atoms with E-state index in [-0.39, 0.29) is 23.9 Å². The predicted molar refractivity (Wildman–Crippen MR) is 149 cm³/mol. The molecule has 0 aliphatic carbocycles. The number of unbranched alkanes of at least 4 members (excludes halogenated alkanes) is 3. The molecule has 2 aliphatic rings. The van der Waals surface area contributed by atoms with E-state index >= 15 is 0 Å². The average molecular weight is 519 g/mol. The van der Waals surface area contributed by atoms with Crippen LogP contribution in [0.5, 0.6) is 5.75 Å². The van der Waals surface area contributed by atoms with Crippen LogP contribution in [0.3, 0.4) is 0 Å². The highest BCUT2D eigenvalue weighted by molar-refractivity contribution is 7.92. The van der Waals surface area contributed by atoms with E-state index in [2.05, 4.69) is 17.6 Å². The molecule has 3 aromatic rings. The number of phenolic OH excluding ortho intramolecular Hbond substituents is 1. The van der Waals surface area contributed by atoms with Crippen molar-refractivity contribution in [3.63, 3.8) is 0 Å². The first-order chi connectivity index (χ1) is 18.0. The van der Waals surface area contributed by atoms with Crippen molar-refractivity contribution in [3.8, 4) is 16.9 Å². The first-order valence-corrected chi connectivity index (χ1v) is 15.2. The smallest absolute Gasteiger partial charge is 0.184 e. The number of sulfone groups is 1. The number of aromatic hydroxyl groups is 1. The number of hydrogen-bond donors (Lipinski definition) is 3. The van der Waals surface area contributed by atoms with Crippen LogP contribution in [0, 0.1) is 0 Å². The molecule has 196 valence electrons. The van der Waals surface area contributed by atoms with E-state index in [0.717, 1.165) is 42.4 Å². The second-order valence-electron chi connectivity index (χ2n) is 10.5. The Labute approximate surface area is 221 Å². The lowest BCUT2D eigenvalue weighted by molar-refractivity contribution is 0.409. The predicted octanol–water partition coefficient (Wildman–Crippen LogP) is 5.62. The molecule has 6 heteroatoms. The topological polar surface area (TPSA) is 78.4 Å². The third kappa shape index (κ3) is 5.62. The molecule has 2 saturated heterocycles. The van der Waals surface area contributed by atoms with Gasteiger partial charge in [-0.3, -0.25) is 0 Å². The fraction of sp³-hybridized carbons (Fsp3) is 0.419. The number of phenols is 1. The average Bonchev–Trinajstić information content (AvgIpc) is 3.53. The zero-order valence-electron chi connectivity index (χ0n) is 21.6. The number of nitrogens with one attached hydrogen (secondary N) is 2. The van der Waals surface area contributed by atoms with Gasteiger partial charge in [-0.1, -0.05) is 80.8 Å². The van der Waals surface area contributed by atoms with Gasteiger partial charge in [-0.15, -0.1) is 0 Å². The van der Waals surface area contributed by atoms with E-state index in [1.165, 1.54) is 24.8 Å². The molecular weight excluding hydrogens is 480 g/mol. The molecular formula is C31H38N2O3S. The molecule has 0 aromatic heterocycles. The van der Waals surface area contributed by atoms with Crippen molar-refractivity contribution in [1.82, 2.24) is 10.6 Å². The van der Waals surface area contributed by atoms with Crippen molar-refractivity contribution in [1.29, 1.82) is 0 Å². The SMILES string of the molecule is CCCCCCc1ccc(S(=O)(=O)[C@H]2[C@H](NCc3ccc(-c4ccccc4O)cc3)[C@H]3CC[C@@H]2N3)cc1. The van der Waals surface area contributed by atoms with E-state index in [1.54, 1.807) is 6.07 Å². The Kier molecular flexibility index (Phi) is 7.98. The Morgan fingerprint density at radius 2 is 1.57 bits per heavy atom. The molecule has 3 aromatic carbocycles. The molecule has 2 aliphatic heterocycles. The van der Waals surface area contributed by atoms with Crippen LogP contribution >= 0.6 is 0 Å². The van der Waals surface area contributed by atoms with E-state index in [9.17, 15) is 13.5 Å². The van der Waals surface area contributed by atoms with Gasteiger partial charge in [0.25, 0.3) is 0 Å². The maximum Gasteiger partial charge on any atom is 0.184 e. The number of para-hydroxylation sites is 1. The molecule has 2 heterocycles. The number of fused-ring (bicyclic) bond motifs is 2. The summed E-state index contributed by atoms with van der Waals surface area (Å²) in [6.07, 6.45) is 7.73. The Hall–Kier alpha value is -2.67. The molecule has 0 spiro atoms. The van der Waals surface area contributed by atoms with Crippen LogP contribution in [0.2, 0.25) is 0 Å². The molecule has 2 bridgehead atoms. The maximum absolute atomic E-state index is 13.8. The second-order valence-corrected chi connectivity index (χ2v) is 12.6. The molecule has 5 nitrogen and oxygen atoms in total. The van der Waals surface area contributed by atoms with Gasteiger partial charge in [-0.2, -0.15) is 0 Å². The van der Waals surface area contributed by atoms with E-state index < -0.39 is 15.1 Å². The van der Waals surface area contributed by atoms with E-state index in [0.29, 0.717) is 11.4 Å². The van der Waals surface area contributed by atoms with Crippen LogP contribution in [0.4, 0.5) is 0 Å². The van der Waals surface area contributed by atoms with Crippen molar-refractivity contribution in [3.05, 3.63) is 83.9 Å². The molecule has 0 radical (unpaired) electrons. The quantitative estimate of drug-likeness (QED) is 0.287. The number of aryl methyl sites for hydroxylation is 1. The zero-order valence-corrected chi connectivity index (χ0v) is 22.4. The third-order valence-electron chi connectivity index (χ3n) is 8.04. The van der Waals surface area contributed by atoms with Gasteiger partial charge in [0.15, 0.2) is 9.84 Å². The summed E-state index contributed by atoms with van der Waals surface area (Å²) in [5.74, 6) is 0.263. The van der Waals surface area contributed by atoms with Gasteiger partial charge in [-0.05, 0) is 60.6 Å². The first-order valence-electron chi connectivity index (χ1n) is 13.7. The summed E-state index contributed by atoms with van der Waals surface area (Å²) in [5, 5.41) is 16.8. The van der Waals surface area contributed by atoms with E-state index in [4.69, 9.17) is 0 Å². The summed E-state index contributed by atoms with van der Waals surface area (Å²) in [6.45, 7) is 2.81. The highest BCUT2D eigenvalue weighted by Crippen LogP contribution is 2.36. The third-order valence-corrected chi connectivity index (χ3v) is 10.3. The molecule has 0 unspecified atom stereocenters. The Morgan fingerprint density at radius 3 is 2.30 bits per heavy atom. The van der Waals surface area contributed by atoms with Crippen molar-refractivity contribution in [2.45, 2.75) is 86.7 Å². The minimum absolute atomic E-state index is 0.00958. The summed E-state index contributed by atoms with van der Waals surface area (Å²) in [7, 11) is -3.47. The lowest BCUT2D eigenvalue weighted by atomic mass is 9.94. The molecule has 3 N–H and O–H groups in total. The molecule has 37 heavy (non-hydrogen) atoms. The fourth-order valence-corrected chi connectivity index (χ4v) is 8.15. The van der Waals surface area contributed by atoms with E-state index in [1.807, 2.05) is 66.7 Å².